The first-order valence-corrected chi connectivity index (χ1v) is 3.58. The molecule has 0 aliphatic carbocycles. The minimum atomic E-state index is 0.197. The first-order valence-electron chi connectivity index (χ1n) is 3.58. The van der Waals surface area contributed by atoms with E-state index in [1.165, 1.54) is 0 Å². The molecule has 1 N–H and O–H groups in total. The second-order valence-corrected chi connectivity index (χ2v) is 2.55. The molecule has 0 fully saturated rings. The quantitative estimate of drug-likeness (QED) is 0.448. The number of carbonyl (C=O) groups is 1. The van der Waals surface area contributed by atoms with E-state index in [0.29, 0.717) is 0 Å². The molecule has 0 aromatic heterocycles. The van der Waals surface area contributed by atoms with Crippen LogP contribution in [0, 0.1) is 0 Å². The Bertz CT molecular complexity index is 93.6. The molecule has 0 aliphatic heterocycles. The van der Waals surface area contributed by atoms with Crippen molar-refractivity contribution in [2.45, 2.75) is 25.9 Å². The van der Waals surface area contributed by atoms with Crippen molar-refractivity contribution in [3.8, 4) is 0 Å². The van der Waals surface area contributed by atoms with Gasteiger partial charge in [-0.3, -0.25) is 9.69 Å². The molecular formula is C7H16N2O. The lowest BCUT2D eigenvalue weighted by Crippen LogP contribution is -2.40. The summed E-state index contributed by atoms with van der Waals surface area (Å²) >= 11 is 0. The summed E-state index contributed by atoms with van der Waals surface area (Å²) in [4.78, 5) is 12.1. The Balaban J connectivity index is 3.60. The van der Waals surface area contributed by atoms with Crippen molar-refractivity contribution < 1.29 is 4.79 Å². The summed E-state index contributed by atoms with van der Waals surface area (Å²) in [6, 6.07) is 0. The van der Waals surface area contributed by atoms with Gasteiger partial charge in [-0.2, -0.15) is 0 Å². The zero-order chi connectivity index (χ0) is 7.98. The third-order valence-electron chi connectivity index (χ3n) is 1.45. The highest BCUT2D eigenvalue weighted by atomic mass is 16.1. The van der Waals surface area contributed by atoms with Crippen molar-refractivity contribution in [3.63, 3.8) is 0 Å². The predicted molar refractivity (Wildman–Crippen MR) is 41.6 cm³/mol. The third kappa shape index (κ3) is 3.45. The van der Waals surface area contributed by atoms with E-state index in [1.54, 1.807) is 0 Å². The number of nitrogens with zero attached hydrogens (tertiary/aromatic N) is 1. The minimum Gasteiger partial charge on any atom is -0.343 e. The lowest BCUT2D eigenvalue weighted by atomic mass is 10.2. The van der Waals surface area contributed by atoms with Gasteiger partial charge in [-0.25, -0.2) is 0 Å². The molecule has 1 amide bonds. The van der Waals surface area contributed by atoms with Crippen molar-refractivity contribution in [2.24, 2.45) is 0 Å². The molecular weight excluding hydrogens is 128 g/mol. The lowest BCUT2D eigenvalue weighted by molar-refractivity contribution is -0.111. The van der Waals surface area contributed by atoms with E-state index >= 15 is 0 Å². The number of amides is 1. The number of rotatable bonds is 5. The second-order valence-electron chi connectivity index (χ2n) is 2.55. The van der Waals surface area contributed by atoms with Crippen LogP contribution in [0.2, 0.25) is 0 Å². The predicted octanol–water partition coefficient (Wildman–Crippen LogP) is 0.420. The van der Waals surface area contributed by atoms with Crippen molar-refractivity contribution in [1.29, 1.82) is 0 Å². The summed E-state index contributed by atoms with van der Waals surface area (Å²) < 4.78 is 0. The van der Waals surface area contributed by atoms with Gasteiger partial charge in [0.1, 0.15) is 0 Å². The molecule has 0 aromatic carbocycles. The second kappa shape index (κ2) is 5.23. The van der Waals surface area contributed by atoms with E-state index in [1.807, 2.05) is 19.0 Å². The van der Waals surface area contributed by atoms with Gasteiger partial charge in [0.05, 0.1) is 6.17 Å². The molecule has 0 rings (SSSR count). The van der Waals surface area contributed by atoms with Crippen LogP contribution in [0.4, 0.5) is 0 Å². The molecule has 1 unspecified atom stereocenters. The summed E-state index contributed by atoms with van der Waals surface area (Å²) in [5, 5.41) is 2.73. The van der Waals surface area contributed by atoms with Crippen molar-refractivity contribution in [2.75, 3.05) is 14.1 Å². The Morgan fingerprint density at radius 2 is 2.20 bits per heavy atom. The molecule has 3 nitrogen and oxygen atoms in total. The summed E-state index contributed by atoms with van der Waals surface area (Å²) in [6.45, 7) is 2.10. The van der Waals surface area contributed by atoms with Crippen LogP contribution in [-0.4, -0.2) is 31.6 Å². The van der Waals surface area contributed by atoms with Crippen LogP contribution in [0.15, 0.2) is 0 Å². The van der Waals surface area contributed by atoms with Gasteiger partial charge in [0.15, 0.2) is 0 Å². The molecule has 0 spiro atoms. The maximum atomic E-state index is 10.1. The molecule has 0 aromatic rings. The molecule has 0 saturated heterocycles. The van der Waals surface area contributed by atoms with Crippen LogP contribution < -0.4 is 5.32 Å². The van der Waals surface area contributed by atoms with Crippen LogP contribution in [-0.2, 0) is 4.79 Å². The van der Waals surface area contributed by atoms with Crippen LogP contribution in [0.1, 0.15) is 19.8 Å². The maximum absolute atomic E-state index is 10.1. The Morgan fingerprint density at radius 3 is 2.50 bits per heavy atom. The number of nitrogens with one attached hydrogen (secondary N) is 1. The fourth-order valence-electron chi connectivity index (χ4n) is 0.843. The average molecular weight is 144 g/mol. The van der Waals surface area contributed by atoms with Gasteiger partial charge >= 0.3 is 0 Å². The average Bonchev–Trinajstić information content (AvgIpc) is 1.87. The molecule has 1 atom stereocenters. The lowest BCUT2D eigenvalue weighted by Gasteiger charge is -2.22. The summed E-state index contributed by atoms with van der Waals surface area (Å²) in [5.74, 6) is 0. The van der Waals surface area contributed by atoms with E-state index in [0.717, 1.165) is 19.3 Å². The minimum absolute atomic E-state index is 0.197. The van der Waals surface area contributed by atoms with Gasteiger partial charge in [0.25, 0.3) is 0 Å². The van der Waals surface area contributed by atoms with E-state index in [4.69, 9.17) is 0 Å². The topological polar surface area (TPSA) is 32.3 Å². The van der Waals surface area contributed by atoms with Crippen LogP contribution in [0.25, 0.3) is 0 Å². The van der Waals surface area contributed by atoms with Gasteiger partial charge in [0, 0.05) is 0 Å². The zero-order valence-corrected chi connectivity index (χ0v) is 6.92. The highest BCUT2D eigenvalue weighted by Crippen LogP contribution is 1.97. The Labute approximate surface area is 62.4 Å². The van der Waals surface area contributed by atoms with Crippen molar-refractivity contribution >= 4 is 6.41 Å². The summed E-state index contributed by atoms with van der Waals surface area (Å²) in [6.07, 6.45) is 3.04. The molecule has 0 radical (unpaired) electrons. The molecule has 3 heteroatoms. The number of hydrogen-bond acceptors (Lipinski definition) is 2. The SMILES string of the molecule is CCCC(NC=O)N(C)C. The van der Waals surface area contributed by atoms with Crippen molar-refractivity contribution in [3.05, 3.63) is 0 Å². The Morgan fingerprint density at radius 1 is 1.60 bits per heavy atom. The first-order chi connectivity index (χ1) is 4.72. The Hall–Kier alpha value is -0.570. The normalized spacial score (nSPS) is 13.2. The van der Waals surface area contributed by atoms with Gasteiger partial charge in [0.2, 0.25) is 6.41 Å². The molecule has 0 bridgehead atoms. The van der Waals surface area contributed by atoms with Gasteiger partial charge < -0.3 is 5.32 Å². The maximum Gasteiger partial charge on any atom is 0.208 e. The van der Waals surface area contributed by atoms with Crippen LogP contribution in [0.3, 0.4) is 0 Å². The van der Waals surface area contributed by atoms with Gasteiger partial charge in [-0.05, 0) is 20.5 Å². The standard InChI is InChI=1S/C7H16N2O/c1-4-5-7(8-6-10)9(2)3/h6-7H,4-5H2,1-3H3,(H,8,10). The molecule has 60 valence electrons. The van der Waals surface area contributed by atoms with Gasteiger partial charge in [-0.15, -0.1) is 0 Å². The van der Waals surface area contributed by atoms with Crippen LogP contribution >= 0.6 is 0 Å². The summed E-state index contributed by atoms with van der Waals surface area (Å²) in [5.41, 5.74) is 0. The van der Waals surface area contributed by atoms with E-state index in [2.05, 4.69) is 12.2 Å². The monoisotopic (exact) mass is 144 g/mol. The van der Waals surface area contributed by atoms with E-state index in [9.17, 15) is 4.79 Å². The largest absolute Gasteiger partial charge is 0.343 e. The number of carbonyl (C=O) groups excluding carboxylic acids is 1. The smallest absolute Gasteiger partial charge is 0.208 e. The first kappa shape index (κ1) is 9.43. The highest BCUT2D eigenvalue weighted by molar-refractivity contribution is 5.46. The van der Waals surface area contributed by atoms with E-state index < -0.39 is 0 Å². The summed E-state index contributed by atoms with van der Waals surface area (Å²) in [7, 11) is 3.91. The van der Waals surface area contributed by atoms with Crippen LogP contribution in [0.5, 0.6) is 0 Å². The molecule has 0 aliphatic rings. The molecule has 10 heavy (non-hydrogen) atoms. The molecule has 0 saturated carbocycles. The van der Waals surface area contributed by atoms with E-state index in [-0.39, 0.29) is 6.17 Å². The fraction of sp³-hybridized carbons (Fsp3) is 0.857. The third-order valence-corrected chi connectivity index (χ3v) is 1.45. The Kier molecular flexibility index (Phi) is 4.94. The fourth-order valence-corrected chi connectivity index (χ4v) is 0.843. The van der Waals surface area contributed by atoms with Crippen molar-refractivity contribution in [1.82, 2.24) is 10.2 Å². The highest BCUT2D eigenvalue weighted by Gasteiger charge is 2.06. The van der Waals surface area contributed by atoms with Gasteiger partial charge in [-0.1, -0.05) is 13.3 Å². The number of hydrogen-bond donors (Lipinski definition) is 1. The molecule has 0 heterocycles. The zero-order valence-electron chi connectivity index (χ0n) is 6.92.